The van der Waals surface area contributed by atoms with Crippen LogP contribution in [0.25, 0.3) is 0 Å². The lowest BCUT2D eigenvalue weighted by atomic mass is 10.1. The molecule has 0 saturated heterocycles. The molecule has 1 fully saturated rings. The molecule has 18 heavy (non-hydrogen) atoms. The largest absolute Gasteiger partial charge is 0.481 e. The molecule has 0 amide bonds. The topological polar surface area (TPSA) is 76.2 Å². The van der Waals surface area contributed by atoms with Gasteiger partial charge in [0.05, 0.1) is 12.2 Å². The molecule has 0 spiro atoms. The van der Waals surface area contributed by atoms with E-state index < -0.39 is 5.97 Å². The van der Waals surface area contributed by atoms with Gasteiger partial charge in [-0.25, -0.2) is 0 Å². The molecular formula is C12H18N2O3S. The second-order valence-corrected chi connectivity index (χ2v) is 6.25. The van der Waals surface area contributed by atoms with E-state index in [4.69, 9.17) is 9.63 Å². The number of nitrogens with zero attached hydrogens (tertiary/aromatic N) is 2. The van der Waals surface area contributed by atoms with Crippen molar-refractivity contribution in [3.8, 4) is 0 Å². The van der Waals surface area contributed by atoms with Crippen LogP contribution in [0, 0.1) is 5.41 Å². The third kappa shape index (κ3) is 3.48. The fourth-order valence-electron chi connectivity index (χ4n) is 1.79. The Morgan fingerprint density at radius 1 is 1.56 bits per heavy atom. The first-order valence-electron chi connectivity index (χ1n) is 6.13. The minimum atomic E-state index is -0.699. The second-order valence-electron chi connectivity index (χ2n) is 5.27. The summed E-state index contributed by atoms with van der Waals surface area (Å²) in [6, 6.07) is 0. The molecule has 2 rings (SSSR count). The molecular weight excluding hydrogens is 252 g/mol. The normalized spacial score (nSPS) is 17.1. The van der Waals surface area contributed by atoms with E-state index >= 15 is 0 Å². The fourth-order valence-corrected chi connectivity index (χ4v) is 3.01. The van der Waals surface area contributed by atoms with Crippen molar-refractivity contribution in [2.24, 2.45) is 5.41 Å². The zero-order chi connectivity index (χ0) is 13.2. The van der Waals surface area contributed by atoms with Crippen LogP contribution in [0.3, 0.4) is 0 Å². The first kappa shape index (κ1) is 13.4. The predicted octanol–water partition coefficient (Wildman–Crippen LogP) is 2.68. The van der Waals surface area contributed by atoms with Gasteiger partial charge < -0.3 is 9.63 Å². The number of hydrogen-bond donors (Lipinski definition) is 1. The van der Waals surface area contributed by atoms with Crippen molar-refractivity contribution in [3.63, 3.8) is 0 Å². The van der Waals surface area contributed by atoms with Crippen LogP contribution in [-0.2, 0) is 10.5 Å². The van der Waals surface area contributed by atoms with Crippen molar-refractivity contribution in [3.05, 3.63) is 11.7 Å². The fraction of sp³-hybridized carbons (Fsp3) is 0.750. The lowest BCUT2D eigenvalue weighted by Crippen LogP contribution is -2.11. The van der Waals surface area contributed by atoms with Crippen molar-refractivity contribution in [1.82, 2.24) is 10.1 Å². The number of hydrogen-bond acceptors (Lipinski definition) is 5. The molecule has 1 saturated carbocycles. The van der Waals surface area contributed by atoms with Gasteiger partial charge >= 0.3 is 5.97 Å². The average molecular weight is 270 g/mol. The molecule has 1 N–H and O–H groups in total. The van der Waals surface area contributed by atoms with Crippen molar-refractivity contribution in [2.75, 3.05) is 5.75 Å². The predicted molar refractivity (Wildman–Crippen MR) is 68.5 cm³/mol. The van der Waals surface area contributed by atoms with Gasteiger partial charge in [-0.15, -0.1) is 0 Å². The Labute approximate surface area is 110 Å². The number of aliphatic carboxylic acids is 1. The minimum absolute atomic E-state index is 0.0289. The van der Waals surface area contributed by atoms with Crippen LogP contribution in [0.5, 0.6) is 0 Å². The van der Waals surface area contributed by atoms with E-state index in [9.17, 15) is 4.79 Å². The van der Waals surface area contributed by atoms with Gasteiger partial charge in [-0.3, -0.25) is 4.79 Å². The quantitative estimate of drug-likeness (QED) is 0.821. The Bertz CT molecular complexity index is 427. The molecule has 1 aromatic rings. The molecule has 0 aliphatic heterocycles. The summed E-state index contributed by atoms with van der Waals surface area (Å²) >= 11 is 1.69. The Morgan fingerprint density at radius 2 is 2.28 bits per heavy atom. The van der Waals surface area contributed by atoms with Crippen molar-refractivity contribution in [1.29, 1.82) is 0 Å². The van der Waals surface area contributed by atoms with Crippen molar-refractivity contribution < 1.29 is 14.4 Å². The van der Waals surface area contributed by atoms with Crippen LogP contribution in [0.4, 0.5) is 0 Å². The van der Waals surface area contributed by atoms with Gasteiger partial charge in [0.1, 0.15) is 0 Å². The van der Waals surface area contributed by atoms with Crippen LogP contribution in [0.15, 0.2) is 4.52 Å². The van der Waals surface area contributed by atoms with E-state index in [0.717, 1.165) is 18.6 Å². The molecule has 1 aliphatic carbocycles. The highest BCUT2D eigenvalue weighted by molar-refractivity contribution is 7.98. The molecule has 0 unspecified atom stereocenters. The van der Waals surface area contributed by atoms with Gasteiger partial charge in [0.2, 0.25) is 5.89 Å². The Morgan fingerprint density at radius 3 is 2.78 bits per heavy atom. The summed E-state index contributed by atoms with van der Waals surface area (Å²) in [5, 5.41) is 12.7. The number of carboxylic acids is 1. The number of aromatic nitrogens is 2. The van der Waals surface area contributed by atoms with E-state index in [2.05, 4.69) is 10.1 Å². The van der Waals surface area contributed by atoms with Gasteiger partial charge in [-0.05, 0) is 24.0 Å². The molecule has 1 aliphatic rings. The summed E-state index contributed by atoms with van der Waals surface area (Å²) in [5.41, 5.74) is 0.0289. The maximum absolute atomic E-state index is 10.7. The van der Waals surface area contributed by atoms with E-state index in [0.29, 0.717) is 17.5 Å². The lowest BCUT2D eigenvalue weighted by Gasteiger charge is -2.10. The Balaban J connectivity index is 1.76. The zero-order valence-corrected chi connectivity index (χ0v) is 11.5. The van der Waals surface area contributed by atoms with Gasteiger partial charge in [-0.2, -0.15) is 16.7 Å². The molecule has 1 heterocycles. The molecule has 6 heteroatoms. The molecule has 0 bridgehead atoms. The van der Waals surface area contributed by atoms with Crippen LogP contribution in [0.2, 0.25) is 0 Å². The van der Waals surface area contributed by atoms with Crippen LogP contribution in [-0.4, -0.2) is 27.0 Å². The van der Waals surface area contributed by atoms with E-state index in [1.54, 1.807) is 11.8 Å². The third-order valence-corrected chi connectivity index (χ3v) is 4.38. The summed E-state index contributed by atoms with van der Waals surface area (Å²) in [7, 11) is 0. The van der Waals surface area contributed by atoms with Gasteiger partial charge in [-0.1, -0.05) is 19.0 Å². The number of rotatable bonds is 7. The average Bonchev–Trinajstić information content (AvgIpc) is 2.86. The second kappa shape index (κ2) is 5.30. The van der Waals surface area contributed by atoms with E-state index in [-0.39, 0.29) is 17.8 Å². The van der Waals surface area contributed by atoms with E-state index in [1.807, 2.05) is 13.8 Å². The summed E-state index contributed by atoms with van der Waals surface area (Å²) in [5.74, 6) is 2.47. The highest BCUT2D eigenvalue weighted by atomic mass is 32.2. The maximum atomic E-state index is 10.7. The summed E-state index contributed by atoms with van der Waals surface area (Å²) in [4.78, 5) is 15.0. The van der Waals surface area contributed by atoms with Crippen LogP contribution < -0.4 is 0 Å². The maximum Gasteiger partial charge on any atom is 0.303 e. The number of carbonyl (C=O) groups is 1. The monoisotopic (exact) mass is 270 g/mol. The Kier molecular flexibility index (Phi) is 3.94. The highest BCUT2D eigenvalue weighted by Gasteiger charge is 2.44. The van der Waals surface area contributed by atoms with Gasteiger partial charge in [0.15, 0.2) is 5.82 Å². The van der Waals surface area contributed by atoms with Crippen LogP contribution in [0.1, 0.15) is 50.7 Å². The number of carboxylic acid groups (broad SMARTS) is 1. The summed E-state index contributed by atoms with van der Waals surface area (Å²) in [6.45, 7) is 4.02. The first-order valence-corrected chi connectivity index (χ1v) is 7.28. The highest BCUT2D eigenvalue weighted by Crippen LogP contribution is 2.51. The minimum Gasteiger partial charge on any atom is -0.481 e. The molecule has 0 aromatic carbocycles. The van der Waals surface area contributed by atoms with Crippen molar-refractivity contribution in [2.45, 2.75) is 44.8 Å². The summed E-state index contributed by atoms with van der Waals surface area (Å²) in [6.07, 6.45) is 2.33. The van der Waals surface area contributed by atoms with E-state index in [1.165, 1.54) is 0 Å². The summed E-state index contributed by atoms with van der Waals surface area (Å²) < 4.78 is 5.12. The van der Waals surface area contributed by atoms with Gasteiger partial charge in [0, 0.05) is 5.92 Å². The first-order chi connectivity index (χ1) is 8.51. The smallest absolute Gasteiger partial charge is 0.303 e. The van der Waals surface area contributed by atoms with Crippen LogP contribution >= 0.6 is 11.8 Å². The Hall–Kier alpha value is -1.04. The SMILES string of the molecule is CC(C)c1nc(CSCC2(CC(=O)O)CC2)no1. The lowest BCUT2D eigenvalue weighted by molar-refractivity contribution is -0.138. The zero-order valence-electron chi connectivity index (χ0n) is 10.7. The number of thioether (sulfide) groups is 1. The molecule has 5 nitrogen and oxygen atoms in total. The van der Waals surface area contributed by atoms with Gasteiger partial charge in [0.25, 0.3) is 0 Å². The molecule has 1 aromatic heterocycles. The molecule has 0 radical (unpaired) electrons. The molecule has 0 atom stereocenters. The molecule has 100 valence electrons. The standard InChI is InChI=1S/C12H18N2O3S/c1-8(2)11-13-9(14-17-11)6-18-7-12(3-4-12)5-10(15)16/h8H,3-7H2,1-2H3,(H,15,16). The third-order valence-electron chi connectivity index (χ3n) is 3.10. The van der Waals surface area contributed by atoms with Crippen molar-refractivity contribution >= 4 is 17.7 Å².